The van der Waals surface area contributed by atoms with Gasteiger partial charge < -0.3 is 0 Å². The van der Waals surface area contributed by atoms with E-state index < -0.39 is 0 Å². The van der Waals surface area contributed by atoms with Gasteiger partial charge in [-0.05, 0) is 28.1 Å². The fourth-order valence-corrected chi connectivity index (χ4v) is 2.71. The molecule has 21 heavy (non-hydrogen) atoms. The molecule has 3 aromatic rings. The molecule has 0 aliphatic heterocycles. The normalized spacial score (nSPS) is 10.5. The van der Waals surface area contributed by atoms with Gasteiger partial charge >= 0.3 is 0 Å². The van der Waals surface area contributed by atoms with E-state index in [9.17, 15) is 0 Å². The van der Waals surface area contributed by atoms with Crippen LogP contribution < -0.4 is 0 Å². The summed E-state index contributed by atoms with van der Waals surface area (Å²) in [6.07, 6.45) is 2.58. The number of nitrogens with zero attached hydrogens (tertiary/aromatic N) is 3. The fourth-order valence-electron chi connectivity index (χ4n) is 2.26. The summed E-state index contributed by atoms with van der Waals surface area (Å²) in [6, 6.07) is 18.1. The highest BCUT2D eigenvalue weighted by atomic mass is 79.9. The molecule has 104 valence electrons. The standard InChI is InChI=1S/C17H14BrN3/c1-2-8-16-17(13-9-4-3-5-10-13)19-20-21(16)15-12-7-6-11-14(15)18/h2-7,9-12H,1,8H2. The van der Waals surface area contributed by atoms with Gasteiger partial charge in [0, 0.05) is 16.5 Å². The summed E-state index contributed by atoms with van der Waals surface area (Å²) < 4.78 is 2.86. The Morgan fingerprint density at radius 3 is 2.48 bits per heavy atom. The molecule has 3 rings (SSSR count). The summed E-state index contributed by atoms with van der Waals surface area (Å²) in [5.74, 6) is 0. The third-order valence-electron chi connectivity index (χ3n) is 3.23. The van der Waals surface area contributed by atoms with Crippen molar-refractivity contribution in [2.75, 3.05) is 0 Å². The molecule has 3 nitrogen and oxygen atoms in total. The first-order chi connectivity index (χ1) is 10.3. The average Bonchev–Trinajstić information content (AvgIpc) is 2.93. The number of benzene rings is 2. The zero-order valence-corrected chi connectivity index (χ0v) is 13.0. The smallest absolute Gasteiger partial charge is 0.117 e. The van der Waals surface area contributed by atoms with Crippen LogP contribution in [-0.4, -0.2) is 15.0 Å². The molecule has 0 atom stereocenters. The van der Waals surface area contributed by atoms with Crippen molar-refractivity contribution in [3.63, 3.8) is 0 Å². The van der Waals surface area contributed by atoms with Crippen LogP contribution in [0.4, 0.5) is 0 Å². The summed E-state index contributed by atoms with van der Waals surface area (Å²) in [7, 11) is 0. The summed E-state index contributed by atoms with van der Waals surface area (Å²) in [6.45, 7) is 3.85. The van der Waals surface area contributed by atoms with E-state index in [4.69, 9.17) is 0 Å². The lowest BCUT2D eigenvalue weighted by Gasteiger charge is -2.08. The quantitative estimate of drug-likeness (QED) is 0.658. The molecule has 0 amide bonds. The van der Waals surface area contributed by atoms with E-state index >= 15 is 0 Å². The van der Waals surface area contributed by atoms with Gasteiger partial charge in [-0.2, -0.15) is 0 Å². The molecular weight excluding hydrogens is 326 g/mol. The third-order valence-corrected chi connectivity index (χ3v) is 3.90. The van der Waals surface area contributed by atoms with Crippen molar-refractivity contribution in [2.24, 2.45) is 0 Å². The zero-order valence-electron chi connectivity index (χ0n) is 11.4. The summed E-state index contributed by atoms with van der Waals surface area (Å²) in [4.78, 5) is 0. The van der Waals surface area contributed by atoms with E-state index in [1.807, 2.05) is 65.4 Å². The lowest BCUT2D eigenvalue weighted by Crippen LogP contribution is -2.03. The molecule has 0 saturated carbocycles. The van der Waals surface area contributed by atoms with Crippen molar-refractivity contribution in [1.82, 2.24) is 15.0 Å². The topological polar surface area (TPSA) is 30.7 Å². The van der Waals surface area contributed by atoms with E-state index in [1.165, 1.54) is 0 Å². The molecule has 0 fully saturated rings. The lowest BCUT2D eigenvalue weighted by atomic mass is 10.1. The first-order valence-corrected chi connectivity index (χ1v) is 7.46. The Balaban J connectivity index is 2.17. The summed E-state index contributed by atoms with van der Waals surface area (Å²) in [5.41, 5.74) is 3.96. The second kappa shape index (κ2) is 6.06. The van der Waals surface area contributed by atoms with Crippen LogP contribution in [0.2, 0.25) is 0 Å². The number of allylic oxidation sites excluding steroid dienone is 1. The monoisotopic (exact) mass is 339 g/mol. The molecule has 0 radical (unpaired) electrons. The van der Waals surface area contributed by atoms with Crippen LogP contribution in [0.5, 0.6) is 0 Å². The number of hydrogen-bond acceptors (Lipinski definition) is 2. The van der Waals surface area contributed by atoms with Crippen LogP contribution >= 0.6 is 15.9 Å². The summed E-state index contributed by atoms with van der Waals surface area (Å²) in [5, 5.41) is 8.70. The molecule has 0 unspecified atom stereocenters. The molecular formula is C17H14BrN3. The van der Waals surface area contributed by atoms with Crippen LogP contribution in [0, 0.1) is 0 Å². The Kier molecular flexibility index (Phi) is 3.97. The van der Waals surface area contributed by atoms with Crippen LogP contribution in [0.1, 0.15) is 5.69 Å². The van der Waals surface area contributed by atoms with Crippen LogP contribution in [0.25, 0.3) is 16.9 Å². The van der Waals surface area contributed by atoms with Gasteiger partial charge in [0.1, 0.15) is 5.69 Å². The van der Waals surface area contributed by atoms with Gasteiger partial charge in [-0.15, -0.1) is 11.7 Å². The van der Waals surface area contributed by atoms with E-state index in [-0.39, 0.29) is 0 Å². The second-order valence-corrected chi connectivity index (χ2v) is 5.46. The number of para-hydroxylation sites is 1. The van der Waals surface area contributed by atoms with Crippen molar-refractivity contribution in [3.8, 4) is 16.9 Å². The van der Waals surface area contributed by atoms with Crippen molar-refractivity contribution < 1.29 is 0 Å². The predicted molar refractivity (Wildman–Crippen MR) is 88.4 cm³/mol. The number of aromatic nitrogens is 3. The first-order valence-electron chi connectivity index (χ1n) is 6.67. The minimum absolute atomic E-state index is 0.707. The third kappa shape index (κ3) is 2.67. The van der Waals surface area contributed by atoms with E-state index in [0.29, 0.717) is 6.42 Å². The fraction of sp³-hybridized carbons (Fsp3) is 0.0588. The molecule has 0 N–H and O–H groups in total. The van der Waals surface area contributed by atoms with Crippen molar-refractivity contribution in [2.45, 2.75) is 6.42 Å². The molecule has 2 aromatic carbocycles. The SMILES string of the molecule is C=CCc1c(-c2ccccc2)nnn1-c1ccccc1Br. The Morgan fingerprint density at radius 2 is 1.76 bits per heavy atom. The second-order valence-electron chi connectivity index (χ2n) is 4.61. The van der Waals surface area contributed by atoms with E-state index in [0.717, 1.165) is 27.1 Å². The largest absolute Gasteiger partial charge is 0.215 e. The Labute approximate surface area is 132 Å². The highest BCUT2D eigenvalue weighted by molar-refractivity contribution is 9.10. The van der Waals surface area contributed by atoms with Gasteiger partial charge in [0.2, 0.25) is 0 Å². The van der Waals surface area contributed by atoms with E-state index in [1.54, 1.807) is 0 Å². The van der Waals surface area contributed by atoms with Gasteiger partial charge in [0.25, 0.3) is 0 Å². The molecule has 1 aromatic heterocycles. The van der Waals surface area contributed by atoms with Gasteiger partial charge in [-0.3, -0.25) is 0 Å². The van der Waals surface area contributed by atoms with Crippen LogP contribution in [0.15, 0.2) is 71.7 Å². The van der Waals surface area contributed by atoms with Gasteiger partial charge in [0.15, 0.2) is 0 Å². The first kappa shape index (κ1) is 13.8. The Morgan fingerprint density at radius 1 is 1.05 bits per heavy atom. The minimum Gasteiger partial charge on any atom is -0.215 e. The highest BCUT2D eigenvalue weighted by Gasteiger charge is 2.15. The zero-order chi connectivity index (χ0) is 14.7. The van der Waals surface area contributed by atoms with Crippen molar-refractivity contribution >= 4 is 15.9 Å². The molecule has 0 spiro atoms. The number of halogens is 1. The predicted octanol–water partition coefficient (Wildman–Crippen LogP) is 4.43. The maximum absolute atomic E-state index is 4.37. The maximum atomic E-state index is 4.37. The number of rotatable bonds is 4. The highest BCUT2D eigenvalue weighted by Crippen LogP contribution is 2.27. The minimum atomic E-state index is 0.707. The van der Waals surface area contributed by atoms with Gasteiger partial charge in [-0.1, -0.05) is 53.8 Å². The number of hydrogen-bond donors (Lipinski definition) is 0. The van der Waals surface area contributed by atoms with Crippen LogP contribution in [0.3, 0.4) is 0 Å². The van der Waals surface area contributed by atoms with E-state index in [2.05, 4.69) is 32.8 Å². The summed E-state index contributed by atoms with van der Waals surface area (Å²) >= 11 is 3.57. The van der Waals surface area contributed by atoms with Crippen LogP contribution in [-0.2, 0) is 6.42 Å². The molecule has 1 heterocycles. The maximum Gasteiger partial charge on any atom is 0.117 e. The van der Waals surface area contributed by atoms with Crippen molar-refractivity contribution in [3.05, 3.63) is 77.4 Å². The Bertz CT molecular complexity index is 763. The van der Waals surface area contributed by atoms with Gasteiger partial charge in [0.05, 0.1) is 11.4 Å². The molecule has 0 aliphatic rings. The molecule has 0 aliphatic carbocycles. The van der Waals surface area contributed by atoms with Gasteiger partial charge in [-0.25, -0.2) is 4.68 Å². The lowest BCUT2D eigenvalue weighted by molar-refractivity contribution is 0.773. The Hall–Kier alpha value is -2.20. The molecule has 4 heteroatoms. The average molecular weight is 340 g/mol. The molecule has 0 bridgehead atoms. The van der Waals surface area contributed by atoms with Crippen molar-refractivity contribution in [1.29, 1.82) is 0 Å². The molecule has 0 saturated heterocycles.